The van der Waals surface area contributed by atoms with Crippen LogP contribution in [0.25, 0.3) is 0 Å². The van der Waals surface area contributed by atoms with Gasteiger partial charge in [0.25, 0.3) is 11.8 Å². The molecular formula is C21H25N3O2S. The minimum absolute atomic E-state index is 0.181. The van der Waals surface area contributed by atoms with E-state index in [-0.39, 0.29) is 11.8 Å². The Hall–Kier alpha value is -2.08. The summed E-state index contributed by atoms with van der Waals surface area (Å²) < 4.78 is 2.39. The largest absolute Gasteiger partial charge is 0.320 e. The molecule has 0 unspecified atom stereocenters. The van der Waals surface area contributed by atoms with Crippen LogP contribution in [0.5, 0.6) is 0 Å². The van der Waals surface area contributed by atoms with Crippen LogP contribution >= 0.6 is 11.8 Å². The summed E-state index contributed by atoms with van der Waals surface area (Å²) >= 11 is 1.65. The number of rotatable bonds is 5. The zero-order valence-electron chi connectivity index (χ0n) is 15.9. The van der Waals surface area contributed by atoms with E-state index in [0.29, 0.717) is 29.5 Å². The Morgan fingerprint density at radius 3 is 2.30 bits per heavy atom. The van der Waals surface area contributed by atoms with Crippen molar-refractivity contribution in [2.45, 2.75) is 57.1 Å². The Bertz CT molecular complexity index is 849. The van der Waals surface area contributed by atoms with Crippen LogP contribution in [0.1, 0.15) is 70.2 Å². The molecule has 2 heterocycles. The molecule has 0 radical (unpaired) electrons. The van der Waals surface area contributed by atoms with E-state index in [4.69, 9.17) is 4.98 Å². The van der Waals surface area contributed by atoms with Crippen LogP contribution < -0.4 is 0 Å². The van der Waals surface area contributed by atoms with Gasteiger partial charge in [-0.1, -0.05) is 43.2 Å². The average Bonchev–Trinajstić information content (AvgIpc) is 3.11. The SMILES string of the molecule is Cc1nc(SCCN2C(=O)c3ccccc3C2=O)n(C2CCCCC2)c1C. The molecule has 2 aromatic rings. The fourth-order valence-electron chi connectivity index (χ4n) is 4.14. The van der Waals surface area contributed by atoms with Crippen molar-refractivity contribution >= 4 is 23.6 Å². The standard InChI is InChI=1S/C21H25N3O2S/c1-14-15(2)24(16-8-4-3-5-9-16)21(22-14)27-13-12-23-19(25)17-10-6-7-11-18(17)20(23)26/h6-7,10-11,16H,3-5,8-9,12-13H2,1-2H3. The molecule has 2 amide bonds. The van der Waals surface area contributed by atoms with Gasteiger partial charge in [-0.05, 0) is 38.8 Å². The molecule has 142 valence electrons. The second-order valence-corrected chi connectivity index (χ2v) is 8.45. The monoisotopic (exact) mass is 383 g/mol. The lowest BCUT2D eigenvalue weighted by Gasteiger charge is -2.26. The number of carbonyl (C=O) groups excluding carboxylic acids is 2. The molecule has 0 bridgehead atoms. The number of fused-ring (bicyclic) bond motifs is 1. The highest BCUT2D eigenvalue weighted by Gasteiger charge is 2.34. The molecule has 4 rings (SSSR count). The maximum absolute atomic E-state index is 12.5. The number of nitrogens with zero attached hydrogens (tertiary/aromatic N) is 3. The number of carbonyl (C=O) groups is 2. The van der Waals surface area contributed by atoms with Gasteiger partial charge in [-0.15, -0.1) is 0 Å². The van der Waals surface area contributed by atoms with E-state index in [2.05, 4.69) is 18.4 Å². The average molecular weight is 384 g/mol. The molecule has 0 N–H and O–H groups in total. The summed E-state index contributed by atoms with van der Waals surface area (Å²) in [5.41, 5.74) is 3.35. The van der Waals surface area contributed by atoms with Crippen molar-refractivity contribution < 1.29 is 9.59 Å². The molecule has 27 heavy (non-hydrogen) atoms. The van der Waals surface area contributed by atoms with Crippen molar-refractivity contribution in [3.05, 3.63) is 46.8 Å². The third-order valence-corrected chi connectivity index (χ3v) is 6.65. The van der Waals surface area contributed by atoms with Crippen molar-refractivity contribution in [2.75, 3.05) is 12.3 Å². The molecule has 1 aliphatic heterocycles. The van der Waals surface area contributed by atoms with Crippen LogP contribution in [0.4, 0.5) is 0 Å². The van der Waals surface area contributed by atoms with Gasteiger partial charge in [0.15, 0.2) is 5.16 Å². The van der Waals surface area contributed by atoms with Gasteiger partial charge in [0.05, 0.1) is 16.8 Å². The molecule has 0 saturated heterocycles. The summed E-state index contributed by atoms with van der Waals surface area (Å²) in [6, 6.07) is 7.58. The minimum Gasteiger partial charge on any atom is -0.320 e. The van der Waals surface area contributed by atoms with Crippen LogP contribution in [0.15, 0.2) is 29.4 Å². The van der Waals surface area contributed by atoms with E-state index < -0.39 is 0 Å². The van der Waals surface area contributed by atoms with E-state index in [1.807, 2.05) is 0 Å². The van der Waals surface area contributed by atoms with Crippen LogP contribution in [-0.4, -0.2) is 38.6 Å². The molecular weight excluding hydrogens is 358 g/mol. The van der Waals surface area contributed by atoms with E-state index >= 15 is 0 Å². The number of hydrogen-bond donors (Lipinski definition) is 0. The number of benzene rings is 1. The van der Waals surface area contributed by atoms with Crippen molar-refractivity contribution in [1.82, 2.24) is 14.5 Å². The van der Waals surface area contributed by atoms with Gasteiger partial charge in [0, 0.05) is 24.0 Å². The quantitative estimate of drug-likeness (QED) is 0.567. The van der Waals surface area contributed by atoms with Crippen molar-refractivity contribution in [3.8, 4) is 0 Å². The van der Waals surface area contributed by atoms with Gasteiger partial charge in [0.2, 0.25) is 0 Å². The maximum Gasteiger partial charge on any atom is 0.261 e. The molecule has 1 aliphatic carbocycles. The highest BCUT2D eigenvalue weighted by Crippen LogP contribution is 2.34. The van der Waals surface area contributed by atoms with Crippen molar-refractivity contribution in [1.29, 1.82) is 0 Å². The Morgan fingerprint density at radius 2 is 1.67 bits per heavy atom. The normalized spacial score (nSPS) is 17.6. The highest BCUT2D eigenvalue weighted by atomic mass is 32.2. The summed E-state index contributed by atoms with van der Waals surface area (Å²) in [6.45, 7) is 4.61. The molecule has 1 aromatic heterocycles. The van der Waals surface area contributed by atoms with E-state index in [0.717, 1.165) is 10.9 Å². The molecule has 0 atom stereocenters. The maximum atomic E-state index is 12.5. The molecule has 1 saturated carbocycles. The lowest BCUT2D eigenvalue weighted by molar-refractivity contribution is 0.0664. The summed E-state index contributed by atoms with van der Waals surface area (Å²) in [6.07, 6.45) is 6.30. The Kier molecular flexibility index (Phi) is 5.08. The predicted molar refractivity (Wildman–Crippen MR) is 106 cm³/mol. The van der Waals surface area contributed by atoms with Crippen LogP contribution in [0.3, 0.4) is 0 Å². The lowest BCUT2D eigenvalue weighted by atomic mass is 9.95. The van der Waals surface area contributed by atoms with E-state index in [1.54, 1.807) is 36.0 Å². The molecule has 2 aliphatic rings. The molecule has 1 fully saturated rings. The van der Waals surface area contributed by atoms with Crippen molar-refractivity contribution in [3.63, 3.8) is 0 Å². The van der Waals surface area contributed by atoms with Gasteiger partial charge >= 0.3 is 0 Å². The van der Waals surface area contributed by atoms with Gasteiger partial charge in [0.1, 0.15) is 0 Å². The zero-order chi connectivity index (χ0) is 19.0. The number of amides is 2. The number of imidazole rings is 1. The van der Waals surface area contributed by atoms with Crippen LogP contribution in [0.2, 0.25) is 0 Å². The van der Waals surface area contributed by atoms with Crippen LogP contribution in [-0.2, 0) is 0 Å². The second-order valence-electron chi connectivity index (χ2n) is 7.38. The smallest absolute Gasteiger partial charge is 0.261 e. The summed E-state index contributed by atoms with van der Waals surface area (Å²) in [4.78, 5) is 31.1. The fraction of sp³-hybridized carbons (Fsp3) is 0.476. The summed E-state index contributed by atoms with van der Waals surface area (Å²) in [5.74, 6) is 0.298. The second kappa shape index (κ2) is 7.50. The molecule has 0 spiro atoms. The Balaban J connectivity index is 1.45. The Labute approximate surface area is 164 Å². The first kappa shape index (κ1) is 18.3. The van der Waals surface area contributed by atoms with E-state index in [1.165, 1.54) is 42.7 Å². The topological polar surface area (TPSA) is 55.2 Å². The number of aryl methyl sites for hydroxylation is 1. The number of hydrogen-bond acceptors (Lipinski definition) is 4. The van der Waals surface area contributed by atoms with Gasteiger partial charge in [-0.25, -0.2) is 4.98 Å². The van der Waals surface area contributed by atoms with Crippen molar-refractivity contribution in [2.24, 2.45) is 0 Å². The molecule has 6 heteroatoms. The first-order valence-electron chi connectivity index (χ1n) is 9.71. The van der Waals surface area contributed by atoms with Gasteiger partial charge < -0.3 is 4.57 Å². The Morgan fingerprint density at radius 1 is 1.04 bits per heavy atom. The number of aromatic nitrogens is 2. The third-order valence-electron chi connectivity index (χ3n) is 5.72. The molecule has 1 aromatic carbocycles. The first-order chi connectivity index (χ1) is 13.1. The van der Waals surface area contributed by atoms with Gasteiger partial charge in [-0.3, -0.25) is 14.5 Å². The lowest BCUT2D eigenvalue weighted by Crippen LogP contribution is -2.31. The third kappa shape index (κ3) is 3.31. The number of thioether (sulfide) groups is 1. The fourth-order valence-corrected chi connectivity index (χ4v) is 5.22. The van der Waals surface area contributed by atoms with E-state index in [9.17, 15) is 9.59 Å². The zero-order valence-corrected chi connectivity index (χ0v) is 16.7. The first-order valence-corrected chi connectivity index (χ1v) is 10.7. The predicted octanol–water partition coefficient (Wildman–Crippen LogP) is 4.39. The summed E-state index contributed by atoms with van der Waals surface area (Å²) in [7, 11) is 0. The minimum atomic E-state index is -0.181. The van der Waals surface area contributed by atoms with Gasteiger partial charge in [-0.2, -0.15) is 0 Å². The molecule has 5 nitrogen and oxygen atoms in total. The highest BCUT2D eigenvalue weighted by molar-refractivity contribution is 7.99. The van der Waals surface area contributed by atoms with Crippen LogP contribution in [0, 0.1) is 13.8 Å². The number of imide groups is 1. The summed E-state index contributed by atoms with van der Waals surface area (Å²) in [5, 5.41) is 1.02.